The maximum absolute atomic E-state index is 13.2. The fourth-order valence-corrected chi connectivity index (χ4v) is 3.68. The highest BCUT2D eigenvalue weighted by molar-refractivity contribution is 7.99. The van der Waals surface area contributed by atoms with Crippen LogP contribution in [0.1, 0.15) is 25.1 Å². The smallest absolute Gasteiger partial charge is 0.195 e. The summed E-state index contributed by atoms with van der Waals surface area (Å²) in [6.45, 7) is 1.34. The molecule has 1 atom stereocenters. The Morgan fingerprint density at radius 2 is 2.09 bits per heavy atom. The fourth-order valence-electron chi connectivity index (χ4n) is 2.64. The second-order valence-corrected chi connectivity index (χ2v) is 6.54. The molecule has 2 heterocycles. The van der Waals surface area contributed by atoms with Crippen molar-refractivity contribution in [1.29, 1.82) is 0 Å². The van der Waals surface area contributed by atoms with Gasteiger partial charge in [-0.05, 0) is 50.1 Å². The van der Waals surface area contributed by atoms with E-state index < -0.39 is 0 Å². The van der Waals surface area contributed by atoms with E-state index in [0.29, 0.717) is 13.0 Å². The van der Waals surface area contributed by atoms with Crippen molar-refractivity contribution in [2.75, 3.05) is 18.9 Å². The maximum atomic E-state index is 13.2. The number of hydrogen-bond donors (Lipinski definition) is 1. The third-order valence-electron chi connectivity index (χ3n) is 3.83. The Hall–Kier alpha value is -1.44. The average Bonchev–Trinajstić information content (AvgIpc) is 2.98. The predicted molar refractivity (Wildman–Crippen MR) is 88.4 cm³/mol. The van der Waals surface area contributed by atoms with E-state index in [1.165, 1.54) is 18.6 Å². The van der Waals surface area contributed by atoms with Gasteiger partial charge >= 0.3 is 0 Å². The molecule has 1 saturated heterocycles. The summed E-state index contributed by atoms with van der Waals surface area (Å²) in [5.41, 5.74) is 6.52. The molecule has 2 aromatic rings. The molecule has 0 aliphatic carbocycles. The molecule has 0 saturated carbocycles. The van der Waals surface area contributed by atoms with E-state index in [-0.39, 0.29) is 11.9 Å². The minimum absolute atomic E-state index is 0.257. The Morgan fingerprint density at radius 1 is 1.26 bits per heavy atom. The summed E-state index contributed by atoms with van der Waals surface area (Å²) < 4.78 is 20.9. The van der Waals surface area contributed by atoms with E-state index in [2.05, 4.69) is 10.2 Å². The Morgan fingerprint density at radius 3 is 2.78 bits per heavy atom. The van der Waals surface area contributed by atoms with Crippen LogP contribution in [-0.2, 0) is 11.2 Å². The summed E-state index contributed by atoms with van der Waals surface area (Å²) in [7, 11) is 0. The molecule has 1 aromatic heterocycles. The number of nitrogens with zero attached hydrogens (tertiary/aromatic N) is 3. The van der Waals surface area contributed by atoms with Gasteiger partial charge in [0, 0.05) is 24.5 Å². The zero-order valence-electron chi connectivity index (χ0n) is 12.9. The van der Waals surface area contributed by atoms with E-state index in [1.807, 2.05) is 4.57 Å². The summed E-state index contributed by atoms with van der Waals surface area (Å²) in [6, 6.07) is 6.36. The monoisotopic (exact) mass is 336 g/mol. The number of rotatable bonds is 6. The van der Waals surface area contributed by atoms with Gasteiger partial charge in [0.1, 0.15) is 11.6 Å². The first-order valence-electron chi connectivity index (χ1n) is 7.92. The molecule has 1 unspecified atom stereocenters. The Bertz CT molecular complexity index is 626. The second-order valence-electron chi connectivity index (χ2n) is 5.55. The van der Waals surface area contributed by atoms with Crippen molar-refractivity contribution in [1.82, 2.24) is 14.8 Å². The van der Waals surface area contributed by atoms with Crippen LogP contribution in [0.2, 0.25) is 0 Å². The summed E-state index contributed by atoms with van der Waals surface area (Å²) in [5.74, 6) is 1.39. The van der Waals surface area contributed by atoms with E-state index in [1.54, 1.807) is 23.9 Å². The third kappa shape index (κ3) is 4.10. The van der Waals surface area contributed by atoms with Gasteiger partial charge in [-0.1, -0.05) is 11.8 Å². The van der Waals surface area contributed by atoms with Gasteiger partial charge in [0.05, 0.1) is 6.10 Å². The highest BCUT2D eigenvalue weighted by atomic mass is 32.2. The molecule has 5 nitrogen and oxygen atoms in total. The molecule has 23 heavy (non-hydrogen) atoms. The van der Waals surface area contributed by atoms with Crippen LogP contribution in [0.25, 0.3) is 5.69 Å². The molecule has 124 valence electrons. The van der Waals surface area contributed by atoms with Gasteiger partial charge in [-0.3, -0.25) is 4.57 Å². The molecule has 1 aliphatic rings. The molecule has 1 aromatic carbocycles. The quantitative estimate of drug-likeness (QED) is 0.821. The van der Waals surface area contributed by atoms with Crippen molar-refractivity contribution < 1.29 is 9.13 Å². The van der Waals surface area contributed by atoms with Gasteiger partial charge in [0.25, 0.3) is 0 Å². The van der Waals surface area contributed by atoms with Crippen LogP contribution >= 0.6 is 11.8 Å². The van der Waals surface area contributed by atoms with Crippen LogP contribution in [0.4, 0.5) is 4.39 Å². The van der Waals surface area contributed by atoms with E-state index in [9.17, 15) is 4.39 Å². The number of thioether (sulfide) groups is 1. The number of nitrogens with two attached hydrogens (primary N) is 1. The summed E-state index contributed by atoms with van der Waals surface area (Å²) in [4.78, 5) is 0. The first kappa shape index (κ1) is 16.4. The molecule has 0 spiro atoms. The van der Waals surface area contributed by atoms with Crippen LogP contribution < -0.4 is 5.73 Å². The minimum Gasteiger partial charge on any atom is -0.377 e. The Balaban J connectivity index is 1.80. The van der Waals surface area contributed by atoms with Crippen LogP contribution in [0, 0.1) is 5.82 Å². The lowest BCUT2D eigenvalue weighted by Crippen LogP contribution is -2.21. The first-order valence-corrected chi connectivity index (χ1v) is 8.91. The number of aromatic nitrogens is 3. The molecule has 7 heteroatoms. The normalized spacial score (nSPS) is 18.3. The lowest BCUT2D eigenvalue weighted by molar-refractivity contribution is 0.0315. The van der Waals surface area contributed by atoms with Crippen molar-refractivity contribution in [3.05, 3.63) is 35.9 Å². The van der Waals surface area contributed by atoms with Gasteiger partial charge in [0.2, 0.25) is 0 Å². The SMILES string of the molecule is NCCc1nnc(SCC2CCCCO2)n1-c1ccc(F)cc1. The lowest BCUT2D eigenvalue weighted by atomic mass is 10.1. The van der Waals surface area contributed by atoms with Crippen molar-refractivity contribution in [3.63, 3.8) is 0 Å². The van der Waals surface area contributed by atoms with Gasteiger partial charge in [-0.2, -0.15) is 0 Å². The van der Waals surface area contributed by atoms with Crippen molar-refractivity contribution in [2.45, 2.75) is 36.9 Å². The number of benzene rings is 1. The largest absolute Gasteiger partial charge is 0.377 e. The Labute approximate surface area is 139 Å². The summed E-state index contributed by atoms with van der Waals surface area (Å²) >= 11 is 1.63. The minimum atomic E-state index is -0.257. The number of halogens is 1. The van der Waals surface area contributed by atoms with Crippen molar-refractivity contribution in [2.24, 2.45) is 5.73 Å². The molecular formula is C16H21FN4OS. The molecule has 0 amide bonds. The molecule has 2 N–H and O–H groups in total. The van der Waals surface area contributed by atoms with Crippen LogP contribution in [0.15, 0.2) is 29.4 Å². The molecular weight excluding hydrogens is 315 g/mol. The molecule has 1 fully saturated rings. The van der Waals surface area contributed by atoms with Gasteiger partial charge in [-0.15, -0.1) is 10.2 Å². The summed E-state index contributed by atoms with van der Waals surface area (Å²) in [5, 5.41) is 9.34. The number of hydrogen-bond acceptors (Lipinski definition) is 5. The van der Waals surface area contributed by atoms with Crippen LogP contribution in [0.5, 0.6) is 0 Å². The second kappa shape index (κ2) is 7.90. The predicted octanol–water partition coefficient (Wildman–Crippen LogP) is 2.57. The number of ether oxygens (including phenoxy) is 1. The fraction of sp³-hybridized carbons (Fsp3) is 0.500. The average molecular weight is 336 g/mol. The zero-order chi connectivity index (χ0) is 16.1. The highest BCUT2D eigenvalue weighted by Gasteiger charge is 2.18. The lowest BCUT2D eigenvalue weighted by Gasteiger charge is -2.22. The van der Waals surface area contributed by atoms with Gasteiger partial charge in [0.15, 0.2) is 5.16 Å². The zero-order valence-corrected chi connectivity index (χ0v) is 13.8. The van der Waals surface area contributed by atoms with Gasteiger partial charge in [-0.25, -0.2) is 4.39 Å². The van der Waals surface area contributed by atoms with Crippen LogP contribution in [-0.4, -0.2) is 39.8 Å². The molecule has 0 radical (unpaired) electrons. The van der Waals surface area contributed by atoms with E-state index in [0.717, 1.165) is 41.9 Å². The Kier molecular flexibility index (Phi) is 5.64. The molecule has 0 bridgehead atoms. The van der Waals surface area contributed by atoms with Crippen molar-refractivity contribution >= 4 is 11.8 Å². The standard InChI is InChI=1S/C16H21FN4OS/c17-12-4-6-13(7-5-12)21-15(8-9-18)19-20-16(21)23-11-14-3-1-2-10-22-14/h4-7,14H,1-3,8-11,18H2. The topological polar surface area (TPSA) is 66.0 Å². The highest BCUT2D eigenvalue weighted by Crippen LogP contribution is 2.26. The van der Waals surface area contributed by atoms with Crippen molar-refractivity contribution in [3.8, 4) is 5.69 Å². The van der Waals surface area contributed by atoms with E-state index >= 15 is 0 Å². The molecule has 3 rings (SSSR count). The summed E-state index contributed by atoms with van der Waals surface area (Å²) in [6.07, 6.45) is 4.35. The van der Waals surface area contributed by atoms with Crippen LogP contribution in [0.3, 0.4) is 0 Å². The molecule has 1 aliphatic heterocycles. The maximum Gasteiger partial charge on any atom is 0.195 e. The first-order chi connectivity index (χ1) is 11.3. The third-order valence-corrected chi connectivity index (χ3v) is 4.89. The van der Waals surface area contributed by atoms with Gasteiger partial charge < -0.3 is 10.5 Å². The van der Waals surface area contributed by atoms with E-state index in [4.69, 9.17) is 10.5 Å².